The second kappa shape index (κ2) is 8.75. The number of methoxy groups -OCH3 is 2. The highest BCUT2D eigenvalue weighted by Gasteiger charge is 2.13. The Morgan fingerprint density at radius 3 is 2.54 bits per heavy atom. The van der Waals surface area contributed by atoms with Crippen LogP contribution in [0.25, 0.3) is 11.3 Å². The molecule has 0 atom stereocenters. The van der Waals surface area contributed by atoms with Crippen LogP contribution >= 0.6 is 11.3 Å². The van der Waals surface area contributed by atoms with Crippen LogP contribution in [0.4, 0.5) is 5.13 Å². The monoisotopic (exact) mass is 398 g/mol. The third-order valence-corrected chi connectivity index (χ3v) is 5.04. The molecule has 3 aromatic rings. The van der Waals surface area contributed by atoms with Crippen LogP contribution in [0.3, 0.4) is 0 Å². The summed E-state index contributed by atoms with van der Waals surface area (Å²) in [4.78, 5) is 16.7. The maximum Gasteiger partial charge on any atom is 0.264 e. The van der Waals surface area contributed by atoms with Crippen LogP contribution in [-0.2, 0) is 4.79 Å². The van der Waals surface area contributed by atoms with E-state index in [1.807, 2.05) is 55.6 Å². The average molecular weight is 398 g/mol. The number of nitrogens with one attached hydrogen (secondary N) is 1. The first kappa shape index (κ1) is 19.7. The molecule has 0 fully saturated rings. The van der Waals surface area contributed by atoms with Gasteiger partial charge in [0.05, 0.1) is 19.9 Å². The van der Waals surface area contributed by atoms with Crippen LogP contribution in [0.1, 0.15) is 11.1 Å². The van der Waals surface area contributed by atoms with Crippen LogP contribution in [0.5, 0.6) is 17.2 Å². The predicted molar refractivity (Wildman–Crippen MR) is 111 cm³/mol. The number of benzene rings is 2. The zero-order valence-electron chi connectivity index (χ0n) is 16.2. The number of aromatic nitrogens is 1. The molecule has 0 spiro atoms. The zero-order valence-corrected chi connectivity index (χ0v) is 17.1. The summed E-state index contributed by atoms with van der Waals surface area (Å²) in [6.45, 7) is 3.95. The molecule has 1 N–H and O–H groups in total. The quantitative estimate of drug-likeness (QED) is 0.636. The smallest absolute Gasteiger partial charge is 0.264 e. The van der Waals surface area contributed by atoms with E-state index in [0.717, 1.165) is 11.1 Å². The number of ether oxygens (including phenoxy) is 3. The van der Waals surface area contributed by atoms with Crippen LogP contribution in [-0.4, -0.2) is 31.7 Å². The van der Waals surface area contributed by atoms with Crippen molar-refractivity contribution in [2.45, 2.75) is 13.8 Å². The van der Waals surface area contributed by atoms with Gasteiger partial charge in [-0.3, -0.25) is 10.1 Å². The second-order valence-corrected chi connectivity index (χ2v) is 7.05. The number of amides is 1. The van der Waals surface area contributed by atoms with E-state index in [-0.39, 0.29) is 12.5 Å². The maximum atomic E-state index is 12.2. The Kier molecular flexibility index (Phi) is 6.16. The Balaban J connectivity index is 1.66. The maximum absolute atomic E-state index is 12.2. The molecule has 2 aromatic carbocycles. The van der Waals surface area contributed by atoms with Gasteiger partial charge in [0.1, 0.15) is 17.2 Å². The fraction of sp³-hybridized carbons (Fsp3) is 0.238. The number of anilines is 1. The molecule has 0 unspecified atom stereocenters. The molecule has 1 aromatic heterocycles. The highest BCUT2D eigenvalue weighted by atomic mass is 32.1. The Morgan fingerprint density at radius 2 is 1.82 bits per heavy atom. The molecule has 1 amide bonds. The summed E-state index contributed by atoms with van der Waals surface area (Å²) in [6.07, 6.45) is 0. The van der Waals surface area contributed by atoms with Crippen molar-refractivity contribution in [2.75, 3.05) is 26.1 Å². The van der Waals surface area contributed by atoms with Crippen molar-refractivity contribution in [3.63, 3.8) is 0 Å². The van der Waals surface area contributed by atoms with Crippen molar-refractivity contribution < 1.29 is 19.0 Å². The number of carbonyl (C=O) groups excluding carboxylic acids is 1. The van der Waals surface area contributed by atoms with Gasteiger partial charge in [-0.2, -0.15) is 0 Å². The summed E-state index contributed by atoms with van der Waals surface area (Å²) < 4.78 is 16.2. The van der Waals surface area contributed by atoms with Crippen molar-refractivity contribution in [3.05, 3.63) is 52.9 Å². The Labute approximate surface area is 168 Å². The van der Waals surface area contributed by atoms with Crippen LogP contribution < -0.4 is 19.5 Å². The van der Waals surface area contributed by atoms with E-state index < -0.39 is 0 Å². The molecule has 7 heteroatoms. The number of rotatable bonds is 7. The van der Waals surface area contributed by atoms with Gasteiger partial charge in [-0.25, -0.2) is 4.98 Å². The van der Waals surface area contributed by atoms with Gasteiger partial charge in [-0.05, 0) is 55.3 Å². The minimum atomic E-state index is -0.267. The number of nitrogens with zero attached hydrogens (tertiary/aromatic N) is 1. The van der Waals surface area contributed by atoms with Gasteiger partial charge in [0, 0.05) is 10.9 Å². The molecular weight excluding hydrogens is 376 g/mol. The molecule has 146 valence electrons. The molecule has 0 saturated carbocycles. The normalized spacial score (nSPS) is 10.4. The van der Waals surface area contributed by atoms with Crippen molar-refractivity contribution in [3.8, 4) is 28.5 Å². The fourth-order valence-electron chi connectivity index (χ4n) is 2.58. The summed E-state index contributed by atoms with van der Waals surface area (Å²) in [5.74, 6) is 1.79. The largest absolute Gasteiger partial charge is 0.497 e. The fourth-order valence-corrected chi connectivity index (χ4v) is 3.30. The van der Waals surface area contributed by atoms with Crippen LogP contribution in [0.2, 0.25) is 0 Å². The van der Waals surface area contributed by atoms with Crippen molar-refractivity contribution >= 4 is 22.4 Å². The topological polar surface area (TPSA) is 69.7 Å². The molecule has 0 aliphatic rings. The van der Waals surface area contributed by atoms with Gasteiger partial charge in [0.15, 0.2) is 11.7 Å². The molecule has 6 nitrogen and oxygen atoms in total. The first-order valence-corrected chi connectivity index (χ1v) is 9.56. The lowest BCUT2D eigenvalue weighted by atomic mass is 10.1. The van der Waals surface area contributed by atoms with Gasteiger partial charge in [0.25, 0.3) is 5.91 Å². The first-order valence-electron chi connectivity index (χ1n) is 8.68. The predicted octanol–water partition coefficient (Wildman–Crippen LogP) is 4.46. The summed E-state index contributed by atoms with van der Waals surface area (Å²) in [6, 6.07) is 11.2. The zero-order chi connectivity index (χ0) is 20.1. The number of aryl methyl sites for hydroxylation is 2. The Hall–Kier alpha value is -3.06. The number of hydrogen-bond donors (Lipinski definition) is 1. The van der Waals surface area contributed by atoms with Crippen LogP contribution in [0.15, 0.2) is 41.8 Å². The molecule has 0 radical (unpaired) electrons. The number of hydrogen-bond acceptors (Lipinski definition) is 6. The summed E-state index contributed by atoms with van der Waals surface area (Å²) >= 11 is 1.34. The van der Waals surface area contributed by atoms with Gasteiger partial charge >= 0.3 is 0 Å². The standard InChI is InChI=1S/C21H22N2O4S/c1-13-5-6-16(9-14(13)2)27-11-20(24)23-21-22-18(12-28-21)17-10-15(25-3)7-8-19(17)26-4/h5-10,12H,11H2,1-4H3,(H,22,23,24). The number of thiazole rings is 1. The van der Waals surface area contributed by atoms with Crippen molar-refractivity contribution in [1.29, 1.82) is 0 Å². The third-order valence-electron chi connectivity index (χ3n) is 4.28. The molecule has 0 saturated heterocycles. The van der Waals surface area contributed by atoms with E-state index in [2.05, 4.69) is 10.3 Å². The van der Waals surface area contributed by atoms with Gasteiger partial charge in [-0.15, -0.1) is 11.3 Å². The highest BCUT2D eigenvalue weighted by molar-refractivity contribution is 7.14. The molecule has 28 heavy (non-hydrogen) atoms. The van der Waals surface area contributed by atoms with Gasteiger partial charge in [-0.1, -0.05) is 6.07 Å². The molecule has 0 aliphatic carbocycles. The van der Waals surface area contributed by atoms with Crippen molar-refractivity contribution in [2.24, 2.45) is 0 Å². The van der Waals surface area contributed by atoms with E-state index in [1.54, 1.807) is 14.2 Å². The minimum Gasteiger partial charge on any atom is -0.497 e. The summed E-state index contributed by atoms with van der Waals surface area (Å²) in [7, 11) is 3.21. The van der Waals surface area contributed by atoms with Crippen LogP contribution in [0, 0.1) is 13.8 Å². The Morgan fingerprint density at radius 1 is 1.04 bits per heavy atom. The first-order chi connectivity index (χ1) is 13.5. The highest BCUT2D eigenvalue weighted by Crippen LogP contribution is 2.35. The van der Waals surface area contributed by atoms with E-state index in [1.165, 1.54) is 16.9 Å². The average Bonchev–Trinajstić information content (AvgIpc) is 3.16. The van der Waals surface area contributed by atoms with E-state index in [4.69, 9.17) is 14.2 Å². The van der Waals surface area contributed by atoms with Gasteiger partial charge < -0.3 is 14.2 Å². The SMILES string of the molecule is COc1ccc(OC)c(-c2csc(NC(=O)COc3ccc(C)c(C)c3)n2)c1. The number of carbonyl (C=O) groups is 1. The van der Waals surface area contributed by atoms with Gasteiger partial charge in [0.2, 0.25) is 0 Å². The molecule has 1 heterocycles. The molecule has 0 bridgehead atoms. The van der Waals surface area contributed by atoms with E-state index in [0.29, 0.717) is 28.1 Å². The van der Waals surface area contributed by atoms with E-state index in [9.17, 15) is 4.79 Å². The minimum absolute atomic E-state index is 0.0834. The van der Waals surface area contributed by atoms with Crippen molar-refractivity contribution in [1.82, 2.24) is 4.98 Å². The summed E-state index contributed by atoms with van der Waals surface area (Å²) in [5.41, 5.74) is 3.80. The molecule has 0 aliphatic heterocycles. The Bertz CT molecular complexity index is 984. The lowest BCUT2D eigenvalue weighted by Crippen LogP contribution is -2.20. The van der Waals surface area contributed by atoms with E-state index >= 15 is 0 Å². The lowest BCUT2D eigenvalue weighted by Gasteiger charge is -2.09. The molecular formula is C21H22N2O4S. The third kappa shape index (κ3) is 4.61. The summed E-state index contributed by atoms with van der Waals surface area (Å²) in [5, 5.41) is 5.12. The molecule has 3 rings (SSSR count). The second-order valence-electron chi connectivity index (χ2n) is 6.19. The lowest BCUT2D eigenvalue weighted by molar-refractivity contribution is -0.118.